The molecule has 3 N–H and O–H groups in total. The molecule has 0 saturated carbocycles. The summed E-state index contributed by atoms with van der Waals surface area (Å²) in [6, 6.07) is 6.23. The summed E-state index contributed by atoms with van der Waals surface area (Å²) in [5.41, 5.74) is 6.57. The number of hydrogen-bond acceptors (Lipinski definition) is 2. The molecule has 0 amide bonds. The number of rotatable bonds is 3. The number of nitrogens with two attached hydrogens (primary N) is 1. The molecule has 0 aliphatic heterocycles. The van der Waals surface area contributed by atoms with Gasteiger partial charge < -0.3 is 11.1 Å². The average molecular weight is 168 g/mol. The van der Waals surface area contributed by atoms with Crippen LogP contribution in [0.1, 0.15) is 11.6 Å². The third-order valence-electron chi connectivity index (χ3n) is 1.70. The Morgan fingerprint density at radius 1 is 1.58 bits per heavy atom. The molecule has 0 fully saturated rings. The maximum atomic E-state index is 12.7. The molecule has 3 heteroatoms. The minimum atomic E-state index is -0.237. The van der Waals surface area contributed by atoms with Gasteiger partial charge in [0.15, 0.2) is 0 Å². The van der Waals surface area contributed by atoms with Crippen molar-refractivity contribution < 1.29 is 4.39 Å². The van der Waals surface area contributed by atoms with E-state index < -0.39 is 0 Å². The van der Waals surface area contributed by atoms with Gasteiger partial charge in [-0.15, -0.1) is 0 Å². The molecule has 1 aromatic carbocycles. The van der Waals surface area contributed by atoms with Gasteiger partial charge >= 0.3 is 0 Å². The van der Waals surface area contributed by atoms with E-state index in [1.807, 2.05) is 13.1 Å². The van der Waals surface area contributed by atoms with E-state index in [0.29, 0.717) is 6.54 Å². The Hall–Kier alpha value is -0.930. The Morgan fingerprint density at radius 2 is 2.33 bits per heavy atom. The second-order valence-corrected chi connectivity index (χ2v) is 2.72. The molecule has 0 bridgehead atoms. The molecule has 0 spiro atoms. The molecular weight excluding hydrogens is 155 g/mol. The highest BCUT2D eigenvalue weighted by Gasteiger charge is 2.04. The number of halogens is 1. The van der Waals surface area contributed by atoms with Crippen molar-refractivity contribution in [1.82, 2.24) is 5.32 Å². The average Bonchev–Trinajstić information content (AvgIpc) is 2.05. The van der Waals surface area contributed by atoms with Crippen LogP contribution in [0.5, 0.6) is 0 Å². The number of likely N-dealkylation sites (N-methyl/N-ethyl adjacent to an activating group) is 1. The highest BCUT2D eigenvalue weighted by molar-refractivity contribution is 5.19. The second-order valence-electron chi connectivity index (χ2n) is 2.72. The Kier molecular flexibility index (Phi) is 3.19. The van der Waals surface area contributed by atoms with Gasteiger partial charge in [0, 0.05) is 12.6 Å². The van der Waals surface area contributed by atoms with Gasteiger partial charge in [-0.05, 0) is 24.7 Å². The highest BCUT2D eigenvalue weighted by Crippen LogP contribution is 2.10. The predicted octanol–water partition coefficient (Wildman–Crippen LogP) is 1.04. The van der Waals surface area contributed by atoms with Crippen molar-refractivity contribution in [3.05, 3.63) is 35.6 Å². The minimum absolute atomic E-state index is 0.134. The molecule has 2 nitrogen and oxygen atoms in total. The van der Waals surface area contributed by atoms with Crippen LogP contribution < -0.4 is 11.1 Å². The normalized spacial score (nSPS) is 12.9. The van der Waals surface area contributed by atoms with Gasteiger partial charge in [-0.2, -0.15) is 0 Å². The Balaban J connectivity index is 2.73. The first-order chi connectivity index (χ1) is 5.74. The topological polar surface area (TPSA) is 38.0 Å². The van der Waals surface area contributed by atoms with Crippen molar-refractivity contribution in [3.63, 3.8) is 0 Å². The van der Waals surface area contributed by atoms with Gasteiger partial charge in [0.1, 0.15) is 5.82 Å². The SMILES string of the molecule is CNCC(N)c1cccc(F)c1. The van der Waals surface area contributed by atoms with Crippen LogP contribution in [0.4, 0.5) is 4.39 Å². The van der Waals surface area contributed by atoms with Crippen molar-refractivity contribution in [2.45, 2.75) is 6.04 Å². The molecular formula is C9H13FN2. The fourth-order valence-electron chi connectivity index (χ4n) is 1.07. The van der Waals surface area contributed by atoms with Crippen LogP contribution in [-0.2, 0) is 0 Å². The summed E-state index contributed by atoms with van der Waals surface area (Å²) in [6.07, 6.45) is 0. The Bertz CT molecular complexity index is 250. The fourth-order valence-corrected chi connectivity index (χ4v) is 1.07. The molecule has 0 aliphatic carbocycles. The van der Waals surface area contributed by atoms with Crippen LogP contribution in [0.15, 0.2) is 24.3 Å². The van der Waals surface area contributed by atoms with Crippen LogP contribution in [0.2, 0.25) is 0 Å². The molecule has 1 atom stereocenters. The molecule has 12 heavy (non-hydrogen) atoms. The van der Waals surface area contributed by atoms with E-state index in [9.17, 15) is 4.39 Å². The van der Waals surface area contributed by atoms with E-state index in [1.165, 1.54) is 12.1 Å². The highest BCUT2D eigenvalue weighted by atomic mass is 19.1. The third-order valence-corrected chi connectivity index (χ3v) is 1.70. The van der Waals surface area contributed by atoms with Gasteiger partial charge in [-0.25, -0.2) is 4.39 Å². The molecule has 66 valence electrons. The fraction of sp³-hybridized carbons (Fsp3) is 0.333. The van der Waals surface area contributed by atoms with Crippen molar-refractivity contribution in [2.24, 2.45) is 5.73 Å². The zero-order valence-corrected chi connectivity index (χ0v) is 7.05. The quantitative estimate of drug-likeness (QED) is 0.707. The molecule has 1 aromatic rings. The Labute approximate surface area is 71.6 Å². The number of hydrogen-bond donors (Lipinski definition) is 2. The molecule has 0 radical (unpaired) electrons. The first-order valence-electron chi connectivity index (χ1n) is 3.89. The monoisotopic (exact) mass is 168 g/mol. The second kappa shape index (κ2) is 4.18. The van der Waals surface area contributed by atoms with Crippen molar-refractivity contribution in [1.29, 1.82) is 0 Å². The lowest BCUT2D eigenvalue weighted by Gasteiger charge is -2.10. The minimum Gasteiger partial charge on any atom is -0.323 e. The van der Waals surface area contributed by atoms with E-state index in [4.69, 9.17) is 5.73 Å². The molecule has 0 heterocycles. The summed E-state index contributed by atoms with van der Waals surface area (Å²) < 4.78 is 12.7. The van der Waals surface area contributed by atoms with E-state index in [-0.39, 0.29) is 11.9 Å². The summed E-state index contributed by atoms with van der Waals surface area (Å²) in [5, 5.41) is 2.94. The number of nitrogens with one attached hydrogen (secondary N) is 1. The summed E-state index contributed by atoms with van der Waals surface area (Å²) >= 11 is 0. The lowest BCUT2D eigenvalue weighted by Crippen LogP contribution is -2.23. The molecule has 0 aromatic heterocycles. The van der Waals surface area contributed by atoms with Crippen molar-refractivity contribution in [3.8, 4) is 0 Å². The van der Waals surface area contributed by atoms with Crippen molar-refractivity contribution in [2.75, 3.05) is 13.6 Å². The van der Waals surface area contributed by atoms with Gasteiger partial charge in [0.2, 0.25) is 0 Å². The van der Waals surface area contributed by atoms with Gasteiger partial charge in [0.25, 0.3) is 0 Å². The summed E-state index contributed by atoms with van der Waals surface area (Å²) in [4.78, 5) is 0. The largest absolute Gasteiger partial charge is 0.323 e. The zero-order chi connectivity index (χ0) is 8.97. The summed E-state index contributed by atoms with van der Waals surface area (Å²) in [5.74, 6) is -0.237. The first kappa shape index (κ1) is 9.16. The number of benzene rings is 1. The van der Waals surface area contributed by atoms with Crippen LogP contribution in [0.3, 0.4) is 0 Å². The van der Waals surface area contributed by atoms with E-state index in [0.717, 1.165) is 5.56 Å². The van der Waals surface area contributed by atoms with Gasteiger partial charge in [-0.1, -0.05) is 12.1 Å². The first-order valence-corrected chi connectivity index (χ1v) is 3.89. The molecule has 0 aliphatic rings. The third kappa shape index (κ3) is 2.29. The maximum Gasteiger partial charge on any atom is 0.123 e. The summed E-state index contributed by atoms with van der Waals surface area (Å²) in [6.45, 7) is 0.656. The molecule has 1 rings (SSSR count). The maximum absolute atomic E-state index is 12.7. The van der Waals surface area contributed by atoms with Gasteiger partial charge in [0.05, 0.1) is 0 Å². The van der Waals surface area contributed by atoms with Crippen LogP contribution in [0, 0.1) is 5.82 Å². The lowest BCUT2D eigenvalue weighted by atomic mass is 10.1. The van der Waals surface area contributed by atoms with Crippen molar-refractivity contribution >= 4 is 0 Å². The smallest absolute Gasteiger partial charge is 0.123 e. The van der Waals surface area contributed by atoms with E-state index >= 15 is 0 Å². The predicted molar refractivity (Wildman–Crippen MR) is 47.3 cm³/mol. The van der Waals surface area contributed by atoms with Crippen LogP contribution >= 0.6 is 0 Å². The van der Waals surface area contributed by atoms with E-state index in [1.54, 1.807) is 6.07 Å². The van der Waals surface area contributed by atoms with E-state index in [2.05, 4.69) is 5.32 Å². The molecule has 1 unspecified atom stereocenters. The van der Waals surface area contributed by atoms with Crippen LogP contribution in [-0.4, -0.2) is 13.6 Å². The Morgan fingerprint density at radius 3 is 2.92 bits per heavy atom. The van der Waals surface area contributed by atoms with Crippen LogP contribution in [0.25, 0.3) is 0 Å². The zero-order valence-electron chi connectivity index (χ0n) is 7.05. The standard InChI is InChI=1S/C9H13FN2/c1-12-6-9(11)7-3-2-4-8(10)5-7/h2-5,9,12H,6,11H2,1H3. The van der Waals surface area contributed by atoms with Gasteiger partial charge in [-0.3, -0.25) is 0 Å². The lowest BCUT2D eigenvalue weighted by molar-refractivity contribution is 0.611. The molecule has 0 saturated heterocycles. The summed E-state index contributed by atoms with van der Waals surface area (Å²) in [7, 11) is 1.82.